The molecule has 34 heavy (non-hydrogen) atoms. The van der Waals surface area contributed by atoms with E-state index in [0.717, 1.165) is 0 Å². The highest BCUT2D eigenvalue weighted by Gasteiger charge is 2.30. The number of hydrogen-bond donors (Lipinski definition) is 2. The molecule has 1 saturated heterocycles. The minimum absolute atomic E-state index is 0.102. The van der Waals surface area contributed by atoms with E-state index >= 15 is 0 Å². The SMILES string of the molecule is O=C(CCC(=O)N1CCN(S(=O)(=O)c2ccccc2)CC1)Nc1ccccc1NCC(F)(F)F. The van der Waals surface area contributed by atoms with E-state index in [1.165, 1.54) is 39.5 Å². The summed E-state index contributed by atoms with van der Waals surface area (Å²) in [4.78, 5) is 26.5. The van der Waals surface area contributed by atoms with Crippen LogP contribution in [0.15, 0.2) is 59.5 Å². The van der Waals surface area contributed by atoms with Crippen LogP contribution >= 0.6 is 0 Å². The van der Waals surface area contributed by atoms with E-state index in [4.69, 9.17) is 0 Å². The number of halogens is 3. The summed E-state index contributed by atoms with van der Waals surface area (Å²) in [6.07, 6.45) is -4.67. The number of amides is 2. The Labute approximate surface area is 195 Å². The number of hydrogen-bond acceptors (Lipinski definition) is 5. The minimum Gasteiger partial charge on any atom is -0.375 e. The number of carbonyl (C=O) groups excluding carboxylic acids is 2. The fourth-order valence-corrected chi connectivity index (χ4v) is 4.90. The van der Waals surface area contributed by atoms with Crippen molar-refractivity contribution < 1.29 is 31.2 Å². The van der Waals surface area contributed by atoms with E-state index in [2.05, 4.69) is 10.6 Å². The van der Waals surface area contributed by atoms with E-state index in [1.54, 1.807) is 24.3 Å². The Balaban J connectivity index is 1.47. The summed E-state index contributed by atoms with van der Waals surface area (Å²) in [5.74, 6) is -0.810. The summed E-state index contributed by atoms with van der Waals surface area (Å²) < 4.78 is 64.1. The maximum absolute atomic E-state index is 12.7. The molecule has 0 saturated carbocycles. The number of nitrogens with one attached hydrogen (secondary N) is 2. The molecule has 12 heteroatoms. The van der Waals surface area contributed by atoms with Crippen LogP contribution in [0.3, 0.4) is 0 Å². The molecule has 8 nitrogen and oxygen atoms in total. The van der Waals surface area contributed by atoms with Crippen LogP contribution in [-0.4, -0.2) is 68.3 Å². The van der Waals surface area contributed by atoms with Gasteiger partial charge >= 0.3 is 6.18 Å². The molecule has 2 aromatic carbocycles. The molecule has 0 aliphatic carbocycles. The average Bonchev–Trinajstić information content (AvgIpc) is 2.82. The smallest absolute Gasteiger partial charge is 0.375 e. The number of sulfonamides is 1. The molecule has 2 aromatic rings. The molecule has 2 N–H and O–H groups in total. The Morgan fingerprint density at radius 2 is 1.44 bits per heavy atom. The molecule has 0 spiro atoms. The zero-order valence-corrected chi connectivity index (χ0v) is 19.0. The number of anilines is 2. The fraction of sp³-hybridized carbons (Fsp3) is 0.364. The van der Waals surface area contributed by atoms with Gasteiger partial charge in [0.1, 0.15) is 6.54 Å². The molecule has 1 aliphatic rings. The highest BCUT2D eigenvalue weighted by molar-refractivity contribution is 7.89. The zero-order chi connectivity index (χ0) is 24.8. The minimum atomic E-state index is -4.41. The Hall–Kier alpha value is -3.12. The van der Waals surface area contributed by atoms with Crippen molar-refractivity contribution in [1.29, 1.82) is 0 Å². The molecule has 2 amide bonds. The van der Waals surface area contributed by atoms with Crippen molar-refractivity contribution in [2.45, 2.75) is 23.9 Å². The van der Waals surface area contributed by atoms with Crippen LogP contribution in [0.5, 0.6) is 0 Å². The quantitative estimate of drug-likeness (QED) is 0.583. The second-order valence-electron chi connectivity index (χ2n) is 7.66. The van der Waals surface area contributed by atoms with Crippen LogP contribution in [-0.2, 0) is 19.6 Å². The first-order chi connectivity index (χ1) is 16.1. The highest BCUT2D eigenvalue weighted by Crippen LogP contribution is 2.24. The second-order valence-corrected chi connectivity index (χ2v) is 9.60. The van der Waals surface area contributed by atoms with Crippen LogP contribution in [0.4, 0.5) is 24.5 Å². The number of para-hydroxylation sites is 2. The Kier molecular flexibility index (Phi) is 8.15. The van der Waals surface area contributed by atoms with Gasteiger partial charge in [-0.05, 0) is 24.3 Å². The van der Waals surface area contributed by atoms with Gasteiger partial charge in [0.2, 0.25) is 21.8 Å². The average molecular weight is 499 g/mol. The lowest BCUT2D eigenvalue weighted by Gasteiger charge is -2.34. The van der Waals surface area contributed by atoms with Gasteiger partial charge in [0, 0.05) is 39.0 Å². The summed E-state index contributed by atoms with van der Waals surface area (Å²) in [7, 11) is -3.63. The summed E-state index contributed by atoms with van der Waals surface area (Å²) in [5, 5.41) is 4.76. The Bertz CT molecular complexity index is 1100. The predicted molar refractivity (Wildman–Crippen MR) is 121 cm³/mol. The van der Waals surface area contributed by atoms with Crippen molar-refractivity contribution in [3.05, 3.63) is 54.6 Å². The van der Waals surface area contributed by atoms with Crippen molar-refractivity contribution >= 4 is 33.2 Å². The monoisotopic (exact) mass is 498 g/mol. The zero-order valence-electron chi connectivity index (χ0n) is 18.2. The van der Waals surface area contributed by atoms with Gasteiger partial charge in [-0.25, -0.2) is 8.42 Å². The van der Waals surface area contributed by atoms with Crippen molar-refractivity contribution in [2.24, 2.45) is 0 Å². The third-order valence-electron chi connectivity index (χ3n) is 5.22. The summed E-state index contributed by atoms with van der Waals surface area (Å²) in [5.41, 5.74) is 0.305. The molecule has 1 aliphatic heterocycles. The Morgan fingerprint density at radius 3 is 2.06 bits per heavy atom. The van der Waals surface area contributed by atoms with Gasteiger partial charge in [-0.1, -0.05) is 30.3 Å². The number of piperazine rings is 1. The number of alkyl halides is 3. The normalized spacial score (nSPS) is 15.1. The van der Waals surface area contributed by atoms with Crippen LogP contribution in [0.2, 0.25) is 0 Å². The number of carbonyl (C=O) groups is 2. The topological polar surface area (TPSA) is 98.8 Å². The van der Waals surface area contributed by atoms with Crippen LogP contribution in [0.1, 0.15) is 12.8 Å². The van der Waals surface area contributed by atoms with Crippen molar-refractivity contribution in [2.75, 3.05) is 43.4 Å². The fourth-order valence-electron chi connectivity index (χ4n) is 3.45. The van der Waals surface area contributed by atoms with Gasteiger partial charge in [-0.15, -0.1) is 0 Å². The van der Waals surface area contributed by atoms with Crippen molar-refractivity contribution in [3.63, 3.8) is 0 Å². The maximum Gasteiger partial charge on any atom is 0.405 e. The standard InChI is InChI=1S/C22H25F3N4O4S/c23-22(24,25)16-26-18-8-4-5-9-19(18)27-20(30)10-11-21(31)28-12-14-29(15-13-28)34(32,33)17-6-2-1-3-7-17/h1-9,26H,10-16H2,(H,27,30). The molecular weight excluding hydrogens is 473 g/mol. The largest absolute Gasteiger partial charge is 0.405 e. The third kappa shape index (κ3) is 6.94. The van der Waals surface area contributed by atoms with E-state index in [-0.39, 0.29) is 61.2 Å². The van der Waals surface area contributed by atoms with Gasteiger partial charge in [-0.3, -0.25) is 9.59 Å². The third-order valence-corrected chi connectivity index (χ3v) is 7.13. The molecular formula is C22H25F3N4O4S. The van der Waals surface area contributed by atoms with Gasteiger partial charge in [0.05, 0.1) is 16.3 Å². The molecule has 0 unspecified atom stereocenters. The number of benzene rings is 2. The van der Waals surface area contributed by atoms with E-state index in [0.29, 0.717) is 0 Å². The first-order valence-corrected chi connectivity index (χ1v) is 12.0. The molecule has 0 radical (unpaired) electrons. The van der Waals surface area contributed by atoms with Gasteiger partial charge in [0.25, 0.3) is 0 Å². The molecule has 184 valence electrons. The summed E-state index contributed by atoms with van der Waals surface area (Å²) in [6, 6.07) is 14.0. The lowest BCUT2D eigenvalue weighted by atomic mass is 10.2. The van der Waals surface area contributed by atoms with E-state index < -0.39 is 28.7 Å². The van der Waals surface area contributed by atoms with E-state index in [1.807, 2.05) is 0 Å². The van der Waals surface area contributed by atoms with Crippen LogP contribution in [0, 0.1) is 0 Å². The highest BCUT2D eigenvalue weighted by atomic mass is 32.2. The first kappa shape index (κ1) is 25.5. The molecule has 3 rings (SSSR count). The van der Waals surface area contributed by atoms with Gasteiger partial charge in [-0.2, -0.15) is 17.5 Å². The van der Waals surface area contributed by atoms with Crippen LogP contribution < -0.4 is 10.6 Å². The molecule has 0 aromatic heterocycles. The molecule has 0 atom stereocenters. The molecule has 1 heterocycles. The summed E-state index contributed by atoms with van der Waals surface area (Å²) in [6.45, 7) is -0.543. The first-order valence-electron chi connectivity index (χ1n) is 10.6. The lowest BCUT2D eigenvalue weighted by Crippen LogP contribution is -2.50. The van der Waals surface area contributed by atoms with Crippen LogP contribution in [0.25, 0.3) is 0 Å². The molecule has 0 bridgehead atoms. The lowest BCUT2D eigenvalue weighted by molar-refractivity contribution is -0.133. The van der Waals surface area contributed by atoms with Gasteiger partial charge in [0.15, 0.2) is 0 Å². The second kappa shape index (κ2) is 10.9. The van der Waals surface area contributed by atoms with Gasteiger partial charge < -0.3 is 15.5 Å². The van der Waals surface area contributed by atoms with Crippen molar-refractivity contribution in [3.8, 4) is 0 Å². The van der Waals surface area contributed by atoms with E-state index in [9.17, 15) is 31.2 Å². The Morgan fingerprint density at radius 1 is 0.853 bits per heavy atom. The summed E-state index contributed by atoms with van der Waals surface area (Å²) >= 11 is 0. The predicted octanol–water partition coefficient (Wildman–Crippen LogP) is 2.91. The molecule has 1 fully saturated rings. The number of rotatable bonds is 8. The van der Waals surface area contributed by atoms with Crippen molar-refractivity contribution in [1.82, 2.24) is 9.21 Å². The maximum atomic E-state index is 12.7. The number of nitrogens with zero attached hydrogens (tertiary/aromatic N) is 2.